The van der Waals surface area contributed by atoms with Crippen LogP contribution in [0.15, 0.2) is 71.6 Å². The van der Waals surface area contributed by atoms with Crippen LogP contribution in [0.2, 0.25) is 0 Å². The van der Waals surface area contributed by atoms with Gasteiger partial charge in [-0.25, -0.2) is 13.4 Å². The van der Waals surface area contributed by atoms with Crippen molar-refractivity contribution in [3.63, 3.8) is 0 Å². The van der Waals surface area contributed by atoms with Crippen LogP contribution >= 0.6 is 11.3 Å². The number of fused-ring (bicyclic) bond motifs is 1. The minimum absolute atomic E-state index is 0.213. The topological polar surface area (TPSA) is 131 Å². The van der Waals surface area contributed by atoms with Crippen molar-refractivity contribution >= 4 is 54.0 Å². The molecule has 0 saturated carbocycles. The number of nitro groups is 1. The predicted molar refractivity (Wildman–Crippen MR) is 123 cm³/mol. The van der Waals surface area contributed by atoms with Crippen molar-refractivity contribution in [2.75, 3.05) is 10.0 Å². The highest BCUT2D eigenvalue weighted by molar-refractivity contribution is 7.92. The Kier molecular flexibility index (Phi) is 5.59. The van der Waals surface area contributed by atoms with Crippen LogP contribution in [-0.2, 0) is 10.0 Å². The molecule has 9 nitrogen and oxygen atoms in total. The number of benzene rings is 3. The average Bonchev–Trinajstić information content (AvgIpc) is 3.16. The number of thiazole rings is 1. The van der Waals surface area contributed by atoms with Crippen LogP contribution < -0.4 is 10.0 Å². The van der Waals surface area contributed by atoms with Gasteiger partial charge in [-0.15, -0.1) is 0 Å². The molecule has 0 aliphatic heterocycles. The van der Waals surface area contributed by atoms with E-state index < -0.39 is 14.9 Å². The second-order valence-corrected chi connectivity index (χ2v) is 9.54. The number of para-hydroxylation sites is 1. The molecule has 1 heterocycles. The summed E-state index contributed by atoms with van der Waals surface area (Å²) < 4.78 is 28.5. The van der Waals surface area contributed by atoms with Crippen LogP contribution in [0.5, 0.6) is 0 Å². The Bertz CT molecular complexity index is 1410. The summed E-state index contributed by atoms with van der Waals surface area (Å²) in [5.41, 5.74) is 1.39. The van der Waals surface area contributed by atoms with E-state index in [9.17, 15) is 23.3 Å². The molecular formula is C21H16N4O5S2. The lowest BCUT2D eigenvalue weighted by molar-refractivity contribution is -0.385. The molecule has 4 rings (SSSR count). The van der Waals surface area contributed by atoms with Crippen LogP contribution in [0.1, 0.15) is 15.9 Å². The van der Waals surface area contributed by atoms with Gasteiger partial charge in [0.25, 0.3) is 21.6 Å². The second-order valence-electron chi connectivity index (χ2n) is 6.83. The van der Waals surface area contributed by atoms with Crippen LogP contribution in [0, 0.1) is 17.0 Å². The molecule has 0 aliphatic rings. The van der Waals surface area contributed by atoms with Crippen LogP contribution in [0.4, 0.5) is 16.5 Å². The van der Waals surface area contributed by atoms with Gasteiger partial charge in [-0.1, -0.05) is 29.5 Å². The smallest absolute Gasteiger partial charge is 0.273 e. The Morgan fingerprint density at radius 3 is 2.47 bits per heavy atom. The van der Waals surface area contributed by atoms with Gasteiger partial charge in [0.2, 0.25) is 0 Å². The number of carbonyl (C=O) groups is 1. The first kappa shape index (κ1) is 21.4. The van der Waals surface area contributed by atoms with Crippen molar-refractivity contribution in [2.45, 2.75) is 11.8 Å². The first-order chi connectivity index (χ1) is 15.2. The number of carbonyl (C=O) groups excluding carboxylic acids is 1. The number of nitro benzene ring substituents is 1. The number of anilines is 2. The summed E-state index contributed by atoms with van der Waals surface area (Å²) in [6.45, 7) is 1.53. The maximum absolute atomic E-state index is 12.6. The van der Waals surface area contributed by atoms with E-state index in [1.54, 1.807) is 0 Å². The van der Waals surface area contributed by atoms with Crippen molar-refractivity contribution in [1.82, 2.24) is 4.98 Å². The molecule has 2 N–H and O–H groups in total. The van der Waals surface area contributed by atoms with Gasteiger partial charge in [0.1, 0.15) is 0 Å². The zero-order chi connectivity index (χ0) is 22.9. The van der Waals surface area contributed by atoms with E-state index in [0.29, 0.717) is 16.3 Å². The largest absolute Gasteiger partial charge is 0.298 e. The van der Waals surface area contributed by atoms with E-state index in [2.05, 4.69) is 15.0 Å². The SMILES string of the molecule is Cc1ccc(S(=O)(=O)Nc2ccc(C(=O)Nc3nc4ccccc4s3)cc2)cc1[N+](=O)[O-]. The minimum Gasteiger partial charge on any atom is -0.298 e. The molecule has 0 aliphatic carbocycles. The molecule has 0 bridgehead atoms. The second kappa shape index (κ2) is 8.36. The van der Waals surface area contributed by atoms with E-state index in [-0.39, 0.29) is 22.2 Å². The van der Waals surface area contributed by atoms with Crippen molar-refractivity contribution in [3.05, 3.63) is 88.0 Å². The number of nitrogens with zero attached hydrogens (tertiary/aromatic N) is 2. The van der Waals surface area contributed by atoms with Crippen molar-refractivity contribution in [2.24, 2.45) is 0 Å². The van der Waals surface area contributed by atoms with Gasteiger partial charge in [-0.3, -0.25) is 24.9 Å². The lowest BCUT2D eigenvalue weighted by atomic mass is 10.2. The van der Waals surface area contributed by atoms with E-state index in [0.717, 1.165) is 16.3 Å². The highest BCUT2D eigenvalue weighted by Gasteiger charge is 2.20. The monoisotopic (exact) mass is 468 g/mol. The summed E-state index contributed by atoms with van der Waals surface area (Å²) in [4.78, 5) is 27.1. The van der Waals surface area contributed by atoms with Gasteiger partial charge in [0.05, 0.1) is 20.0 Å². The molecule has 0 unspecified atom stereocenters. The van der Waals surface area contributed by atoms with E-state index in [1.165, 1.54) is 54.7 Å². The number of hydrogen-bond acceptors (Lipinski definition) is 7. The summed E-state index contributed by atoms with van der Waals surface area (Å²) in [6.07, 6.45) is 0. The molecule has 0 saturated heterocycles. The van der Waals surface area contributed by atoms with E-state index in [1.807, 2.05) is 24.3 Å². The van der Waals surface area contributed by atoms with Crippen molar-refractivity contribution in [1.29, 1.82) is 0 Å². The summed E-state index contributed by atoms with van der Waals surface area (Å²) in [6, 6.07) is 17.0. The summed E-state index contributed by atoms with van der Waals surface area (Å²) in [7, 11) is -4.05. The fraction of sp³-hybridized carbons (Fsp3) is 0.0476. The first-order valence-corrected chi connectivity index (χ1v) is 11.6. The number of aromatic nitrogens is 1. The fourth-order valence-electron chi connectivity index (χ4n) is 2.95. The van der Waals surface area contributed by atoms with Crippen LogP contribution in [0.25, 0.3) is 10.2 Å². The van der Waals surface area contributed by atoms with Crippen molar-refractivity contribution < 1.29 is 18.1 Å². The molecule has 0 radical (unpaired) electrons. The third kappa shape index (κ3) is 4.43. The average molecular weight is 469 g/mol. The molecule has 1 aromatic heterocycles. The number of aryl methyl sites for hydroxylation is 1. The predicted octanol–water partition coefficient (Wildman–Crippen LogP) is 4.57. The molecule has 0 fully saturated rings. The molecule has 162 valence electrons. The molecule has 11 heteroatoms. The Hall–Kier alpha value is -3.83. The first-order valence-electron chi connectivity index (χ1n) is 9.28. The van der Waals surface area contributed by atoms with Gasteiger partial charge in [-0.2, -0.15) is 0 Å². The van der Waals surface area contributed by atoms with Crippen LogP contribution in [-0.4, -0.2) is 24.2 Å². The Morgan fingerprint density at radius 2 is 1.78 bits per heavy atom. The van der Waals surface area contributed by atoms with Crippen molar-refractivity contribution in [3.8, 4) is 0 Å². The highest BCUT2D eigenvalue weighted by atomic mass is 32.2. The lowest BCUT2D eigenvalue weighted by Gasteiger charge is -2.09. The third-order valence-corrected chi connectivity index (χ3v) is 6.93. The minimum atomic E-state index is -4.05. The molecule has 3 aromatic carbocycles. The fourth-order valence-corrected chi connectivity index (χ4v) is 4.89. The normalized spacial score (nSPS) is 11.3. The Labute approximate surface area is 186 Å². The molecule has 32 heavy (non-hydrogen) atoms. The molecule has 4 aromatic rings. The standard InChI is InChI=1S/C21H16N4O5S2/c1-13-6-11-16(12-18(13)25(27)28)32(29,30)24-15-9-7-14(8-10-15)20(26)23-21-22-17-4-2-3-5-19(17)31-21/h2-12,24H,1H3,(H,22,23,26). The maximum atomic E-state index is 12.6. The van der Waals surface area contributed by atoms with E-state index in [4.69, 9.17) is 0 Å². The molecular weight excluding hydrogens is 452 g/mol. The Morgan fingerprint density at radius 1 is 1.06 bits per heavy atom. The maximum Gasteiger partial charge on any atom is 0.273 e. The lowest BCUT2D eigenvalue weighted by Crippen LogP contribution is -2.14. The number of nitrogens with one attached hydrogen (secondary N) is 2. The quantitative estimate of drug-likeness (QED) is 0.315. The zero-order valence-corrected chi connectivity index (χ0v) is 18.2. The van der Waals surface area contributed by atoms with Gasteiger partial charge >= 0.3 is 0 Å². The summed E-state index contributed by atoms with van der Waals surface area (Å²) in [5, 5.41) is 14.3. The number of amides is 1. The summed E-state index contributed by atoms with van der Waals surface area (Å²) >= 11 is 1.35. The van der Waals surface area contributed by atoms with E-state index >= 15 is 0 Å². The van der Waals surface area contributed by atoms with Crippen LogP contribution in [0.3, 0.4) is 0 Å². The molecule has 1 amide bonds. The molecule has 0 spiro atoms. The zero-order valence-electron chi connectivity index (χ0n) is 16.6. The van der Waals surface area contributed by atoms with Gasteiger partial charge in [0.15, 0.2) is 5.13 Å². The number of sulfonamides is 1. The Balaban J connectivity index is 1.49. The number of rotatable bonds is 6. The highest BCUT2D eigenvalue weighted by Crippen LogP contribution is 2.26. The van der Waals surface area contributed by atoms with Gasteiger partial charge in [0, 0.05) is 22.9 Å². The number of hydrogen-bond donors (Lipinski definition) is 2. The molecule has 0 atom stereocenters. The van der Waals surface area contributed by atoms with Gasteiger partial charge < -0.3 is 0 Å². The summed E-state index contributed by atoms with van der Waals surface area (Å²) in [5.74, 6) is -0.382. The van der Waals surface area contributed by atoms with Gasteiger partial charge in [-0.05, 0) is 49.4 Å². The third-order valence-electron chi connectivity index (χ3n) is 4.60.